The van der Waals surface area contributed by atoms with Crippen LogP contribution in [0.15, 0.2) is 5.38 Å². The van der Waals surface area contributed by atoms with E-state index in [4.69, 9.17) is 10.5 Å². The van der Waals surface area contributed by atoms with Gasteiger partial charge >= 0.3 is 5.97 Å². The molecule has 0 aliphatic carbocycles. The third-order valence-corrected chi connectivity index (χ3v) is 1.72. The number of ether oxygens (including phenoxy) is 1. The summed E-state index contributed by atoms with van der Waals surface area (Å²) in [5, 5.41) is 2.25. The van der Waals surface area contributed by atoms with E-state index in [1.54, 1.807) is 5.38 Å². The third-order valence-electron chi connectivity index (χ3n) is 0.993. The Hall–Kier alpha value is -1.10. The second-order valence-electron chi connectivity index (χ2n) is 1.96. The lowest BCUT2D eigenvalue weighted by Gasteiger charge is -1.95. The maximum absolute atomic E-state index is 10.3. The molecule has 0 bridgehead atoms. The van der Waals surface area contributed by atoms with Gasteiger partial charge in [0.15, 0.2) is 5.13 Å². The molecular weight excluding hydrogens is 164 g/mol. The van der Waals surface area contributed by atoms with Gasteiger partial charge in [-0.3, -0.25) is 4.79 Å². The number of nitrogens with two attached hydrogens (primary N) is 1. The molecule has 0 unspecified atom stereocenters. The number of rotatable bonds is 2. The predicted molar refractivity (Wildman–Crippen MR) is 42.0 cm³/mol. The normalized spacial score (nSPS) is 9.55. The molecule has 0 aromatic carbocycles. The van der Waals surface area contributed by atoms with Crippen LogP contribution in [0.2, 0.25) is 0 Å². The highest BCUT2D eigenvalue weighted by Crippen LogP contribution is 2.11. The Kier molecular flexibility index (Phi) is 2.43. The van der Waals surface area contributed by atoms with Crippen LogP contribution < -0.4 is 5.73 Å². The van der Waals surface area contributed by atoms with Gasteiger partial charge in [0.05, 0.1) is 5.69 Å². The molecule has 0 aliphatic heterocycles. The van der Waals surface area contributed by atoms with Gasteiger partial charge in [-0.05, 0) is 0 Å². The molecular formula is C6H8N2O2S. The molecule has 60 valence electrons. The summed E-state index contributed by atoms with van der Waals surface area (Å²) in [6.07, 6.45) is 0. The smallest absolute Gasteiger partial charge is 0.303 e. The first-order chi connectivity index (χ1) is 5.18. The quantitative estimate of drug-likeness (QED) is 0.670. The largest absolute Gasteiger partial charge is 0.459 e. The zero-order valence-electron chi connectivity index (χ0n) is 6.03. The number of aromatic nitrogens is 1. The fourth-order valence-electron chi connectivity index (χ4n) is 0.565. The summed E-state index contributed by atoms with van der Waals surface area (Å²) in [6, 6.07) is 0. The van der Waals surface area contributed by atoms with E-state index in [1.165, 1.54) is 18.3 Å². The molecule has 0 aliphatic rings. The van der Waals surface area contributed by atoms with Crippen LogP contribution in [-0.4, -0.2) is 11.0 Å². The lowest BCUT2D eigenvalue weighted by molar-refractivity contribution is -0.142. The van der Waals surface area contributed by atoms with Gasteiger partial charge in [-0.15, -0.1) is 11.3 Å². The summed E-state index contributed by atoms with van der Waals surface area (Å²) < 4.78 is 4.69. The van der Waals surface area contributed by atoms with Crippen LogP contribution in [0.25, 0.3) is 0 Å². The molecule has 0 atom stereocenters. The fourth-order valence-corrected chi connectivity index (χ4v) is 1.11. The Balaban J connectivity index is 2.45. The number of thiazole rings is 1. The molecule has 0 fully saturated rings. The molecule has 1 aromatic rings. The minimum atomic E-state index is -0.309. The molecule has 2 N–H and O–H groups in total. The van der Waals surface area contributed by atoms with E-state index in [9.17, 15) is 4.79 Å². The predicted octanol–water partition coefficient (Wildman–Crippen LogP) is 0.788. The van der Waals surface area contributed by atoms with Gasteiger partial charge in [-0.25, -0.2) is 4.98 Å². The van der Waals surface area contributed by atoms with Crippen LogP contribution in [0.3, 0.4) is 0 Å². The lowest BCUT2D eigenvalue weighted by atomic mass is 10.5. The van der Waals surface area contributed by atoms with Gasteiger partial charge in [-0.2, -0.15) is 0 Å². The molecule has 11 heavy (non-hydrogen) atoms. The SMILES string of the molecule is CC(=O)OCc1csc(N)n1. The second kappa shape index (κ2) is 3.34. The van der Waals surface area contributed by atoms with E-state index in [-0.39, 0.29) is 12.6 Å². The zero-order chi connectivity index (χ0) is 8.27. The van der Waals surface area contributed by atoms with Crippen LogP contribution >= 0.6 is 11.3 Å². The van der Waals surface area contributed by atoms with E-state index >= 15 is 0 Å². The Bertz CT molecular complexity index is 259. The van der Waals surface area contributed by atoms with Crippen molar-refractivity contribution in [3.8, 4) is 0 Å². The molecule has 0 saturated carbocycles. The van der Waals surface area contributed by atoms with Crippen molar-refractivity contribution in [1.82, 2.24) is 4.98 Å². The topological polar surface area (TPSA) is 65.2 Å². The molecule has 1 heterocycles. The van der Waals surface area contributed by atoms with Gasteiger partial charge in [0, 0.05) is 12.3 Å². The Morgan fingerprint density at radius 1 is 1.91 bits per heavy atom. The molecule has 1 aromatic heterocycles. The van der Waals surface area contributed by atoms with E-state index in [0.29, 0.717) is 10.8 Å². The highest BCUT2D eigenvalue weighted by molar-refractivity contribution is 7.13. The average Bonchev–Trinajstić information content (AvgIpc) is 2.31. The maximum atomic E-state index is 10.3. The van der Waals surface area contributed by atoms with Crippen molar-refractivity contribution in [2.45, 2.75) is 13.5 Å². The number of anilines is 1. The Labute approximate surface area is 68.0 Å². The molecule has 0 radical (unpaired) electrons. The molecule has 0 saturated heterocycles. The summed E-state index contributed by atoms with van der Waals surface area (Å²) in [5.74, 6) is -0.309. The van der Waals surface area contributed by atoms with E-state index in [1.807, 2.05) is 0 Å². The maximum Gasteiger partial charge on any atom is 0.303 e. The first-order valence-corrected chi connectivity index (χ1v) is 3.89. The van der Waals surface area contributed by atoms with E-state index in [2.05, 4.69) is 4.98 Å². The number of nitrogen functional groups attached to an aromatic ring is 1. The first kappa shape index (κ1) is 8.00. The van der Waals surface area contributed by atoms with E-state index < -0.39 is 0 Å². The van der Waals surface area contributed by atoms with Crippen LogP contribution in [0.5, 0.6) is 0 Å². The summed E-state index contributed by atoms with van der Waals surface area (Å²) in [5.41, 5.74) is 6.05. The molecule has 0 amide bonds. The second-order valence-corrected chi connectivity index (χ2v) is 2.85. The van der Waals surface area contributed by atoms with Crippen molar-refractivity contribution in [3.05, 3.63) is 11.1 Å². The number of carbonyl (C=O) groups excluding carboxylic acids is 1. The molecule has 4 nitrogen and oxygen atoms in total. The number of hydrogen-bond acceptors (Lipinski definition) is 5. The minimum absolute atomic E-state index is 0.211. The monoisotopic (exact) mass is 172 g/mol. The van der Waals surface area contributed by atoms with Gasteiger partial charge < -0.3 is 10.5 Å². The number of esters is 1. The summed E-state index contributed by atoms with van der Waals surface area (Å²) in [6.45, 7) is 1.57. The van der Waals surface area contributed by atoms with Crippen molar-refractivity contribution in [1.29, 1.82) is 0 Å². The number of nitrogens with zero attached hydrogens (tertiary/aromatic N) is 1. The van der Waals surface area contributed by atoms with Crippen molar-refractivity contribution >= 4 is 22.4 Å². The number of hydrogen-bond donors (Lipinski definition) is 1. The third kappa shape index (κ3) is 2.55. The van der Waals surface area contributed by atoms with Crippen LogP contribution in [0.1, 0.15) is 12.6 Å². The highest BCUT2D eigenvalue weighted by atomic mass is 32.1. The summed E-state index contributed by atoms with van der Waals surface area (Å²) >= 11 is 1.33. The first-order valence-electron chi connectivity index (χ1n) is 3.01. The van der Waals surface area contributed by atoms with Crippen molar-refractivity contribution < 1.29 is 9.53 Å². The van der Waals surface area contributed by atoms with Crippen LogP contribution in [-0.2, 0) is 16.1 Å². The Morgan fingerprint density at radius 2 is 2.64 bits per heavy atom. The van der Waals surface area contributed by atoms with Gasteiger partial charge in [0.25, 0.3) is 0 Å². The van der Waals surface area contributed by atoms with Gasteiger partial charge in [0.2, 0.25) is 0 Å². The van der Waals surface area contributed by atoms with Crippen molar-refractivity contribution in [2.75, 3.05) is 5.73 Å². The van der Waals surface area contributed by atoms with Crippen molar-refractivity contribution in [3.63, 3.8) is 0 Å². The zero-order valence-corrected chi connectivity index (χ0v) is 6.85. The van der Waals surface area contributed by atoms with E-state index in [0.717, 1.165) is 0 Å². The summed E-state index contributed by atoms with van der Waals surface area (Å²) in [7, 11) is 0. The molecule has 5 heteroatoms. The molecule has 1 rings (SSSR count). The highest BCUT2D eigenvalue weighted by Gasteiger charge is 1.99. The standard InChI is InChI=1S/C6H8N2O2S/c1-4(9)10-2-5-3-11-6(7)8-5/h3H,2H2,1H3,(H2,7,8). The Morgan fingerprint density at radius 3 is 3.09 bits per heavy atom. The fraction of sp³-hybridized carbons (Fsp3) is 0.333. The average molecular weight is 172 g/mol. The lowest BCUT2D eigenvalue weighted by Crippen LogP contribution is -1.98. The van der Waals surface area contributed by atoms with Gasteiger partial charge in [0.1, 0.15) is 6.61 Å². The minimum Gasteiger partial charge on any atom is -0.459 e. The van der Waals surface area contributed by atoms with Crippen LogP contribution in [0, 0.1) is 0 Å². The van der Waals surface area contributed by atoms with Crippen LogP contribution in [0.4, 0.5) is 5.13 Å². The molecule has 0 spiro atoms. The van der Waals surface area contributed by atoms with Crippen molar-refractivity contribution in [2.24, 2.45) is 0 Å². The number of carbonyl (C=O) groups is 1. The van der Waals surface area contributed by atoms with Gasteiger partial charge in [-0.1, -0.05) is 0 Å². The summed E-state index contributed by atoms with van der Waals surface area (Å²) in [4.78, 5) is 14.2.